The molecule has 0 saturated carbocycles. The smallest absolute Gasteiger partial charge is 0.233 e. The molecule has 2 heterocycles. The van der Waals surface area contributed by atoms with Gasteiger partial charge in [-0.15, -0.1) is 0 Å². The molecule has 26 heavy (non-hydrogen) atoms. The van der Waals surface area contributed by atoms with Crippen LogP contribution < -0.4 is 4.90 Å². The van der Waals surface area contributed by atoms with Crippen molar-refractivity contribution in [2.24, 2.45) is 0 Å². The molecule has 9 nitrogen and oxygen atoms in total. The van der Waals surface area contributed by atoms with E-state index in [1.165, 1.54) is 4.31 Å². The monoisotopic (exact) mass is 385 g/mol. The molecule has 10 heteroatoms. The summed E-state index contributed by atoms with van der Waals surface area (Å²) in [6, 6.07) is 1.01. The molecule has 1 aromatic heterocycles. The number of aromatic nitrogens is 2. The molecule has 1 aliphatic heterocycles. The van der Waals surface area contributed by atoms with E-state index in [2.05, 4.69) is 9.97 Å². The molecule has 1 aliphatic rings. The van der Waals surface area contributed by atoms with Gasteiger partial charge in [0.05, 0.1) is 11.8 Å². The average Bonchev–Trinajstić information content (AvgIpc) is 2.67. The van der Waals surface area contributed by atoms with Crippen LogP contribution in [-0.4, -0.2) is 77.3 Å². The van der Waals surface area contributed by atoms with E-state index in [0.29, 0.717) is 43.6 Å². The summed E-state index contributed by atoms with van der Waals surface area (Å²) in [5, 5.41) is 10.2. The van der Waals surface area contributed by atoms with E-state index >= 15 is 0 Å². The Bertz CT molecular complexity index is 650. The number of piperazine rings is 1. The highest BCUT2D eigenvalue weighted by Gasteiger charge is 2.31. The zero-order valence-electron chi connectivity index (χ0n) is 15.1. The highest BCUT2D eigenvalue weighted by Crippen LogP contribution is 2.16. The molecule has 1 unspecified atom stereocenters. The predicted molar refractivity (Wildman–Crippen MR) is 97.2 cm³/mol. The first-order valence-corrected chi connectivity index (χ1v) is 10.5. The molecule has 1 aromatic rings. The fourth-order valence-corrected chi connectivity index (χ4v) is 4.71. The number of sulfonamides is 1. The summed E-state index contributed by atoms with van der Waals surface area (Å²) in [5.74, 6) is 0.317. The quantitative estimate of drug-likeness (QED) is 0.274. The summed E-state index contributed by atoms with van der Waals surface area (Å²) < 4.78 is 26.8. The van der Waals surface area contributed by atoms with E-state index in [0.717, 1.165) is 19.3 Å². The van der Waals surface area contributed by atoms with E-state index in [1.54, 1.807) is 18.5 Å². The van der Waals surface area contributed by atoms with Crippen molar-refractivity contribution < 1.29 is 18.4 Å². The summed E-state index contributed by atoms with van der Waals surface area (Å²) in [6.07, 6.45) is 6.72. The lowest BCUT2D eigenvalue weighted by atomic mass is 10.1. The first kappa shape index (κ1) is 20.5. The Balaban J connectivity index is 1.95. The van der Waals surface area contributed by atoms with Crippen molar-refractivity contribution in [2.45, 2.75) is 38.6 Å². The van der Waals surface area contributed by atoms with Gasteiger partial charge in [0, 0.05) is 38.6 Å². The lowest BCUT2D eigenvalue weighted by molar-refractivity contribution is -0.158. The molecule has 1 N–H and O–H groups in total. The molecule has 2 rings (SSSR count). The van der Waals surface area contributed by atoms with Gasteiger partial charge in [0.25, 0.3) is 0 Å². The Labute approximate surface area is 154 Å². The number of carbonyl (C=O) groups is 1. The first-order chi connectivity index (χ1) is 12.5. The number of rotatable bonds is 10. The standard InChI is InChI=1S/C16H27N5O4S/c1-2-3-4-6-15(21(23)14-22)13-26(24,25)20-11-9-19(10-12-20)16-17-7-5-8-18-16/h5,7-8,14-15,23H,2-4,6,9-13H2,1H3. The zero-order chi connectivity index (χ0) is 19.0. The van der Waals surface area contributed by atoms with Crippen molar-refractivity contribution in [3.05, 3.63) is 18.5 Å². The second-order valence-electron chi connectivity index (χ2n) is 6.35. The second-order valence-corrected chi connectivity index (χ2v) is 8.36. The first-order valence-electron chi connectivity index (χ1n) is 8.90. The number of unbranched alkanes of at least 4 members (excludes halogenated alkanes) is 2. The van der Waals surface area contributed by atoms with Crippen LogP contribution in [0, 0.1) is 0 Å². The van der Waals surface area contributed by atoms with Crippen LogP contribution in [0.3, 0.4) is 0 Å². The van der Waals surface area contributed by atoms with E-state index in [1.807, 2.05) is 11.8 Å². The van der Waals surface area contributed by atoms with Crippen molar-refractivity contribution >= 4 is 22.4 Å². The predicted octanol–water partition coefficient (Wildman–Crippen LogP) is 0.725. The minimum absolute atomic E-state index is 0.270. The molecule has 1 atom stereocenters. The maximum absolute atomic E-state index is 12.7. The highest BCUT2D eigenvalue weighted by molar-refractivity contribution is 7.89. The largest absolute Gasteiger partial charge is 0.338 e. The minimum atomic E-state index is -3.58. The van der Waals surface area contributed by atoms with E-state index in [9.17, 15) is 18.4 Å². The fourth-order valence-electron chi connectivity index (χ4n) is 2.98. The summed E-state index contributed by atoms with van der Waals surface area (Å²) in [4.78, 5) is 21.2. The maximum Gasteiger partial charge on any atom is 0.233 e. The number of anilines is 1. The van der Waals surface area contributed by atoms with Gasteiger partial charge >= 0.3 is 0 Å². The second kappa shape index (κ2) is 9.79. The van der Waals surface area contributed by atoms with Crippen molar-refractivity contribution in [3.63, 3.8) is 0 Å². The minimum Gasteiger partial charge on any atom is -0.338 e. The van der Waals surface area contributed by atoms with Crippen LogP contribution in [0.15, 0.2) is 18.5 Å². The number of carbonyl (C=O) groups excluding carboxylic acids is 1. The van der Waals surface area contributed by atoms with Crippen LogP contribution in [-0.2, 0) is 14.8 Å². The Morgan fingerprint density at radius 3 is 2.46 bits per heavy atom. The molecule has 0 bridgehead atoms. The molecule has 146 valence electrons. The Morgan fingerprint density at radius 2 is 1.88 bits per heavy atom. The SMILES string of the molecule is CCCCCC(CS(=O)(=O)N1CCN(c2ncccn2)CC1)N(O)C=O. The Morgan fingerprint density at radius 1 is 1.23 bits per heavy atom. The lowest BCUT2D eigenvalue weighted by Crippen LogP contribution is -2.51. The highest BCUT2D eigenvalue weighted by atomic mass is 32.2. The number of hydroxylamine groups is 2. The Hall–Kier alpha value is -1.78. The Kier molecular flexibility index (Phi) is 7.73. The van der Waals surface area contributed by atoms with Crippen molar-refractivity contribution in [2.75, 3.05) is 36.8 Å². The van der Waals surface area contributed by atoms with Crippen LogP contribution in [0.5, 0.6) is 0 Å². The number of nitrogens with zero attached hydrogens (tertiary/aromatic N) is 5. The van der Waals surface area contributed by atoms with Crippen molar-refractivity contribution in [3.8, 4) is 0 Å². The molecule has 0 spiro atoms. The topological polar surface area (TPSA) is 107 Å². The average molecular weight is 385 g/mol. The molecule has 1 saturated heterocycles. The van der Waals surface area contributed by atoms with Gasteiger partial charge in [-0.05, 0) is 12.5 Å². The molecule has 0 aliphatic carbocycles. The van der Waals surface area contributed by atoms with Gasteiger partial charge in [-0.1, -0.05) is 26.2 Å². The van der Waals surface area contributed by atoms with Gasteiger partial charge in [-0.2, -0.15) is 4.31 Å². The molecular formula is C16H27N5O4S. The summed E-state index contributed by atoms with van der Waals surface area (Å²) >= 11 is 0. The maximum atomic E-state index is 12.7. The summed E-state index contributed by atoms with van der Waals surface area (Å²) in [7, 11) is -3.58. The van der Waals surface area contributed by atoms with E-state index in [-0.39, 0.29) is 12.2 Å². The lowest BCUT2D eigenvalue weighted by Gasteiger charge is -2.35. The number of amides is 1. The molecular weight excluding hydrogens is 358 g/mol. The van der Waals surface area contributed by atoms with Crippen LogP contribution in [0.25, 0.3) is 0 Å². The normalized spacial score (nSPS) is 17.1. The van der Waals surface area contributed by atoms with Gasteiger partial charge in [0.1, 0.15) is 0 Å². The van der Waals surface area contributed by atoms with Gasteiger partial charge < -0.3 is 4.90 Å². The molecule has 0 aromatic carbocycles. The molecule has 1 amide bonds. The van der Waals surface area contributed by atoms with E-state index < -0.39 is 16.1 Å². The van der Waals surface area contributed by atoms with E-state index in [4.69, 9.17) is 0 Å². The third-order valence-electron chi connectivity index (χ3n) is 4.49. The van der Waals surface area contributed by atoms with Crippen LogP contribution >= 0.6 is 0 Å². The third kappa shape index (κ3) is 5.61. The molecule has 1 fully saturated rings. The van der Waals surface area contributed by atoms with Crippen LogP contribution in [0.4, 0.5) is 5.95 Å². The van der Waals surface area contributed by atoms with Gasteiger partial charge in [-0.3, -0.25) is 10.0 Å². The summed E-state index contributed by atoms with van der Waals surface area (Å²) in [6.45, 7) is 3.70. The van der Waals surface area contributed by atoms with Gasteiger partial charge in [0.15, 0.2) is 0 Å². The van der Waals surface area contributed by atoms with Crippen LogP contribution in [0.1, 0.15) is 32.6 Å². The molecule has 0 radical (unpaired) electrons. The zero-order valence-corrected chi connectivity index (χ0v) is 15.9. The third-order valence-corrected chi connectivity index (χ3v) is 6.45. The van der Waals surface area contributed by atoms with Crippen molar-refractivity contribution in [1.29, 1.82) is 0 Å². The van der Waals surface area contributed by atoms with Gasteiger partial charge in [0.2, 0.25) is 22.4 Å². The number of hydrogen-bond acceptors (Lipinski definition) is 7. The fraction of sp³-hybridized carbons (Fsp3) is 0.688. The van der Waals surface area contributed by atoms with Gasteiger partial charge in [-0.25, -0.2) is 23.4 Å². The summed E-state index contributed by atoms with van der Waals surface area (Å²) in [5.41, 5.74) is 0. The van der Waals surface area contributed by atoms with Crippen LogP contribution in [0.2, 0.25) is 0 Å². The number of hydrogen-bond donors (Lipinski definition) is 1. The van der Waals surface area contributed by atoms with Crippen molar-refractivity contribution in [1.82, 2.24) is 19.3 Å².